The molecule has 1 atom stereocenters. The fourth-order valence-corrected chi connectivity index (χ4v) is 2.07. The second-order valence-corrected chi connectivity index (χ2v) is 5.62. The fraction of sp³-hybridized carbons (Fsp3) is 0.400. The van der Waals surface area contributed by atoms with Crippen molar-refractivity contribution in [2.24, 2.45) is 5.73 Å². The van der Waals surface area contributed by atoms with Crippen LogP contribution in [0.15, 0.2) is 28.8 Å². The number of benzene rings is 1. The predicted octanol–water partition coefficient (Wildman–Crippen LogP) is 3.21. The van der Waals surface area contributed by atoms with E-state index in [0.29, 0.717) is 17.7 Å². The summed E-state index contributed by atoms with van der Waals surface area (Å²) in [6.45, 7) is 3.56. The molecular weight excluding hydrogens is 325 g/mol. The Hall–Kier alpha value is -2.42. The Labute approximate surface area is 136 Å². The van der Waals surface area contributed by atoms with Crippen LogP contribution in [-0.4, -0.2) is 21.6 Å². The van der Waals surface area contributed by atoms with Crippen molar-refractivity contribution < 1.29 is 22.5 Å². The van der Waals surface area contributed by atoms with Gasteiger partial charge in [-0.15, -0.1) is 0 Å². The van der Waals surface area contributed by atoms with Gasteiger partial charge >= 0.3 is 12.1 Å². The average molecular weight is 342 g/mol. The summed E-state index contributed by atoms with van der Waals surface area (Å²) in [6, 6.07) is 6.01. The van der Waals surface area contributed by atoms with Gasteiger partial charge in [0.2, 0.25) is 11.7 Å². The minimum Gasteiger partial charge on any atom is -0.329 e. The third kappa shape index (κ3) is 4.10. The SMILES string of the molecule is CCCC(C)(N)C(=O)Nc1ccc(-c2noc(C(F)(F)F)n2)cc1. The number of nitrogens with one attached hydrogen (secondary N) is 1. The Morgan fingerprint density at radius 1 is 1.29 bits per heavy atom. The number of aromatic nitrogens is 2. The summed E-state index contributed by atoms with van der Waals surface area (Å²) in [7, 11) is 0. The fourth-order valence-electron chi connectivity index (χ4n) is 2.07. The summed E-state index contributed by atoms with van der Waals surface area (Å²) < 4.78 is 41.5. The molecule has 1 amide bonds. The van der Waals surface area contributed by atoms with Crippen molar-refractivity contribution in [3.63, 3.8) is 0 Å². The molecule has 0 spiro atoms. The number of nitrogens with zero attached hydrogens (tertiary/aromatic N) is 2. The third-order valence-electron chi connectivity index (χ3n) is 3.36. The third-order valence-corrected chi connectivity index (χ3v) is 3.36. The summed E-state index contributed by atoms with van der Waals surface area (Å²) in [5, 5.41) is 5.96. The van der Waals surface area contributed by atoms with Gasteiger partial charge in [-0.05, 0) is 37.6 Å². The molecule has 1 aromatic heterocycles. The van der Waals surface area contributed by atoms with Gasteiger partial charge in [0.05, 0.1) is 5.54 Å². The molecule has 3 N–H and O–H groups in total. The van der Waals surface area contributed by atoms with Crippen LogP contribution in [0, 0.1) is 0 Å². The Balaban J connectivity index is 2.11. The number of carbonyl (C=O) groups excluding carboxylic acids is 1. The van der Waals surface area contributed by atoms with Crippen LogP contribution in [-0.2, 0) is 11.0 Å². The summed E-state index contributed by atoms with van der Waals surface area (Å²) in [5.41, 5.74) is 5.73. The van der Waals surface area contributed by atoms with Gasteiger partial charge in [-0.1, -0.05) is 18.5 Å². The number of hydrogen-bond donors (Lipinski definition) is 2. The summed E-state index contributed by atoms with van der Waals surface area (Å²) in [4.78, 5) is 15.4. The van der Waals surface area contributed by atoms with Crippen LogP contribution < -0.4 is 11.1 Å². The molecular formula is C15H17F3N4O2. The number of carbonyl (C=O) groups is 1. The van der Waals surface area contributed by atoms with Crippen LogP contribution in [0.5, 0.6) is 0 Å². The molecule has 9 heteroatoms. The smallest absolute Gasteiger partial charge is 0.329 e. The quantitative estimate of drug-likeness (QED) is 0.870. The van der Waals surface area contributed by atoms with Crippen LogP contribution >= 0.6 is 0 Å². The van der Waals surface area contributed by atoms with E-state index in [1.54, 1.807) is 6.92 Å². The molecule has 0 radical (unpaired) electrons. The lowest BCUT2D eigenvalue weighted by Gasteiger charge is -2.22. The Bertz CT molecular complexity index is 708. The van der Waals surface area contributed by atoms with Gasteiger partial charge in [0, 0.05) is 11.3 Å². The van der Waals surface area contributed by atoms with Gasteiger partial charge < -0.3 is 15.6 Å². The molecule has 24 heavy (non-hydrogen) atoms. The van der Waals surface area contributed by atoms with E-state index in [9.17, 15) is 18.0 Å². The lowest BCUT2D eigenvalue weighted by Crippen LogP contribution is -2.48. The van der Waals surface area contributed by atoms with Crippen LogP contribution in [0.25, 0.3) is 11.4 Å². The molecule has 0 aliphatic heterocycles. The van der Waals surface area contributed by atoms with Crippen molar-refractivity contribution in [3.05, 3.63) is 30.2 Å². The van der Waals surface area contributed by atoms with Gasteiger partial charge in [-0.2, -0.15) is 18.2 Å². The van der Waals surface area contributed by atoms with Crippen molar-refractivity contribution in [1.29, 1.82) is 0 Å². The minimum atomic E-state index is -4.69. The van der Waals surface area contributed by atoms with E-state index >= 15 is 0 Å². The highest BCUT2D eigenvalue weighted by Gasteiger charge is 2.38. The van der Waals surface area contributed by atoms with Crippen LogP contribution in [0.1, 0.15) is 32.6 Å². The van der Waals surface area contributed by atoms with Crippen molar-refractivity contribution in [2.75, 3.05) is 5.32 Å². The number of halogens is 3. The Morgan fingerprint density at radius 2 is 1.92 bits per heavy atom. The van der Waals surface area contributed by atoms with Gasteiger partial charge in [0.15, 0.2) is 0 Å². The second-order valence-electron chi connectivity index (χ2n) is 5.62. The number of amides is 1. The second kappa shape index (κ2) is 6.60. The number of nitrogens with two attached hydrogens (primary N) is 1. The number of anilines is 1. The number of hydrogen-bond acceptors (Lipinski definition) is 5. The maximum atomic E-state index is 12.4. The first-order valence-electron chi connectivity index (χ1n) is 7.25. The zero-order valence-electron chi connectivity index (χ0n) is 13.1. The molecule has 1 unspecified atom stereocenters. The Kier molecular flexibility index (Phi) is 4.93. The molecule has 0 saturated heterocycles. The van der Waals surface area contributed by atoms with E-state index in [4.69, 9.17) is 5.73 Å². The maximum absolute atomic E-state index is 12.4. The maximum Gasteiger partial charge on any atom is 0.471 e. The molecule has 0 aliphatic carbocycles. The molecule has 0 fully saturated rings. The highest BCUT2D eigenvalue weighted by molar-refractivity contribution is 5.97. The minimum absolute atomic E-state index is 0.185. The molecule has 2 rings (SSSR count). The first kappa shape index (κ1) is 17.9. The molecule has 2 aromatic rings. The van der Waals surface area contributed by atoms with Gasteiger partial charge in [-0.3, -0.25) is 4.79 Å². The summed E-state index contributed by atoms with van der Waals surface area (Å²) in [5.74, 6) is -1.93. The van der Waals surface area contributed by atoms with E-state index in [2.05, 4.69) is 20.0 Å². The van der Waals surface area contributed by atoms with E-state index in [1.807, 2.05) is 6.92 Å². The largest absolute Gasteiger partial charge is 0.471 e. The first-order valence-corrected chi connectivity index (χ1v) is 7.25. The molecule has 0 saturated carbocycles. The van der Waals surface area contributed by atoms with E-state index in [-0.39, 0.29) is 11.7 Å². The number of rotatable bonds is 5. The molecule has 0 aliphatic rings. The van der Waals surface area contributed by atoms with Crippen LogP contribution in [0.4, 0.5) is 18.9 Å². The first-order chi connectivity index (χ1) is 11.1. The van der Waals surface area contributed by atoms with Gasteiger partial charge in [0.25, 0.3) is 0 Å². The van der Waals surface area contributed by atoms with E-state index in [1.165, 1.54) is 24.3 Å². The highest BCUT2D eigenvalue weighted by atomic mass is 19.4. The summed E-state index contributed by atoms with van der Waals surface area (Å²) >= 11 is 0. The van der Waals surface area contributed by atoms with E-state index in [0.717, 1.165) is 6.42 Å². The van der Waals surface area contributed by atoms with Crippen LogP contribution in [0.3, 0.4) is 0 Å². The monoisotopic (exact) mass is 342 g/mol. The van der Waals surface area contributed by atoms with Crippen molar-refractivity contribution in [3.8, 4) is 11.4 Å². The van der Waals surface area contributed by atoms with Gasteiger partial charge in [0.1, 0.15) is 0 Å². The summed E-state index contributed by atoms with van der Waals surface area (Å²) in [6.07, 6.45) is -3.40. The van der Waals surface area contributed by atoms with E-state index < -0.39 is 17.6 Å². The topological polar surface area (TPSA) is 94.0 Å². The lowest BCUT2D eigenvalue weighted by atomic mass is 9.96. The molecule has 0 bridgehead atoms. The van der Waals surface area contributed by atoms with Crippen LogP contribution in [0.2, 0.25) is 0 Å². The molecule has 6 nitrogen and oxygen atoms in total. The number of alkyl halides is 3. The zero-order valence-corrected chi connectivity index (χ0v) is 13.1. The lowest BCUT2D eigenvalue weighted by molar-refractivity contribution is -0.159. The normalized spacial score (nSPS) is 14.2. The highest BCUT2D eigenvalue weighted by Crippen LogP contribution is 2.29. The molecule has 1 aromatic carbocycles. The van der Waals surface area contributed by atoms with Crippen molar-refractivity contribution >= 4 is 11.6 Å². The zero-order chi connectivity index (χ0) is 18.0. The Morgan fingerprint density at radius 3 is 2.42 bits per heavy atom. The van der Waals surface area contributed by atoms with Crippen molar-refractivity contribution in [2.45, 2.75) is 38.4 Å². The molecule has 130 valence electrons. The molecule has 1 heterocycles. The average Bonchev–Trinajstić information content (AvgIpc) is 2.98. The van der Waals surface area contributed by atoms with Crippen molar-refractivity contribution in [1.82, 2.24) is 10.1 Å². The van der Waals surface area contributed by atoms with Gasteiger partial charge in [-0.25, -0.2) is 0 Å². The predicted molar refractivity (Wildman–Crippen MR) is 80.9 cm³/mol. The standard InChI is InChI=1S/C15H17F3N4O2/c1-3-8-14(2,19)12(23)20-10-6-4-9(5-7-10)11-21-13(24-22-11)15(16,17)18/h4-7H,3,8,19H2,1-2H3,(H,20,23).